The van der Waals surface area contributed by atoms with Crippen LogP contribution in [-0.4, -0.2) is 34.6 Å². The van der Waals surface area contributed by atoms with Gasteiger partial charge in [-0.15, -0.1) is 0 Å². The third kappa shape index (κ3) is 2.86. The molecule has 2 aromatic rings. The minimum absolute atomic E-state index is 0.280. The first-order chi connectivity index (χ1) is 9.72. The van der Waals surface area contributed by atoms with E-state index in [0.29, 0.717) is 37.8 Å². The number of ether oxygens (including phenoxy) is 1. The highest BCUT2D eigenvalue weighted by molar-refractivity contribution is 5.19. The summed E-state index contributed by atoms with van der Waals surface area (Å²) in [5.74, 6) is 0.284. The number of aromatic nitrogens is 2. The van der Waals surface area contributed by atoms with Crippen molar-refractivity contribution in [1.29, 1.82) is 0 Å². The number of aliphatic hydroxyl groups excluding tert-OH is 1. The van der Waals surface area contributed by atoms with Crippen molar-refractivity contribution in [3.8, 4) is 0 Å². The van der Waals surface area contributed by atoms with E-state index in [-0.39, 0.29) is 11.7 Å². The Hall–Kier alpha value is -1.79. The Morgan fingerprint density at radius 3 is 3.10 bits per heavy atom. The number of benzene rings is 1. The van der Waals surface area contributed by atoms with Crippen molar-refractivity contribution in [2.75, 3.05) is 13.2 Å². The molecule has 2 atom stereocenters. The van der Waals surface area contributed by atoms with Gasteiger partial charge in [0.15, 0.2) is 5.82 Å². The fourth-order valence-electron chi connectivity index (χ4n) is 2.28. The maximum Gasteiger partial charge on any atom is 0.234 e. The molecule has 0 aliphatic carbocycles. The summed E-state index contributed by atoms with van der Waals surface area (Å²) in [5.41, 5.74) is 0.776. The van der Waals surface area contributed by atoms with Gasteiger partial charge in [0, 0.05) is 13.0 Å². The van der Waals surface area contributed by atoms with Crippen LogP contribution in [0.5, 0.6) is 0 Å². The van der Waals surface area contributed by atoms with Gasteiger partial charge in [0.1, 0.15) is 5.82 Å². The summed E-state index contributed by atoms with van der Waals surface area (Å²) < 4.78 is 23.6. The van der Waals surface area contributed by atoms with Crippen molar-refractivity contribution in [3.05, 3.63) is 47.4 Å². The summed E-state index contributed by atoms with van der Waals surface area (Å²) in [6, 6.07) is 6.28. The zero-order valence-electron chi connectivity index (χ0n) is 10.8. The first kappa shape index (κ1) is 13.2. The zero-order chi connectivity index (χ0) is 13.9. The fourth-order valence-corrected chi connectivity index (χ4v) is 2.28. The Morgan fingerprint density at radius 1 is 1.40 bits per heavy atom. The smallest absolute Gasteiger partial charge is 0.234 e. The number of hydrogen-bond donors (Lipinski definition) is 1. The van der Waals surface area contributed by atoms with E-state index in [9.17, 15) is 9.50 Å². The molecule has 0 spiro atoms. The molecule has 1 aliphatic heterocycles. The Kier molecular flexibility index (Phi) is 3.75. The van der Waals surface area contributed by atoms with E-state index < -0.39 is 6.10 Å². The number of nitrogens with zero attached hydrogens (tertiary/aromatic N) is 2. The van der Waals surface area contributed by atoms with Crippen LogP contribution < -0.4 is 0 Å². The van der Waals surface area contributed by atoms with Crippen LogP contribution in [0.1, 0.15) is 29.6 Å². The normalized spacial score (nSPS) is 22.9. The minimum Gasteiger partial charge on any atom is -0.392 e. The van der Waals surface area contributed by atoms with E-state index in [1.807, 2.05) is 0 Å². The van der Waals surface area contributed by atoms with Gasteiger partial charge in [-0.2, -0.15) is 4.98 Å². The van der Waals surface area contributed by atoms with E-state index in [4.69, 9.17) is 9.26 Å². The molecule has 0 bridgehead atoms. The number of hydrogen-bond acceptors (Lipinski definition) is 5. The molecule has 1 fully saturated rings. The van der Waals surface area contributed by atoms with E-state index in [1.54, 1.807) is 12.1 Å². The van der Waals surface area contributed by atoms with Crippen LogP contribution in [0.2, 0.25) is 0 Å². The lowest BCUT2D eigenvalue weighted by Crippen LogP contribution is -2.30. The zero-order valence-corrected chi connectivity index (χ0v) is 10.8. The maximum absolute atomic E-state index is 13.1. The fraction of sp³-hybridized carbons (Fsp3) is 0.429. The largest absolute Gasteiger partial charge is 0.392 e. The van der Waals surface area contributed by atoms with Gasteiger partial charge in [0.25, 0.3) is 0 Å². The molecule has 1 aromatic carbocycles. The molecule has 1 N–H and O–H groups in total. The molecule has 1 saturated heterocycles. The molecule has 106 valence electrons. The Morgan fingerprint density at radius 2 is 2.30 bits per heavy atom. The third-order valence-corrected chi connectivity index (χ3v) is 3.37. The number of rotatable bonds is 3. The lowest BCUT2D eigenvalue weighted by molar-refractivity contribution is -0.0149. The van der Waals surface area contributed by atoms with Crippen LogP contribution in [-0.2, 0) is 11.2 Å². The molecule has 2 unspecified atom stereocenters. The second-order valence-electron chi connectivity index (χ2n) is 4.89. The molecule has 1 aliphatic rings. The van der Waals surface area contributed by atoms with Crippen molar-refractivity contribution in [2.45, 2.75) is 24.9 Å². The predicted molar refractivity (Wildman–Crippen MR) is 67.7 cm³/mol. The van der Waals surface area contributed by atoms with Gasteiger partial charge in [-0.25, -0.2) is 4.39 Å². The van der Waals surface area contributed by atoms with E-state index in [0.717, 1.165) is 5.56 Å². The van der Waals surface area contributed by atoms with Gasteiger partial charge >= 0.3 is 0 Å². The average Bonchev–Trinajstić information content (AvgIpc) is 2.87. The quantitative estimate of drug-likeness (QED) is 0.924. The van der Waals surface area contributed by atoms with E-state index >= 15 is 0 Å². The van der Waals surface area contributed by atoms with Gasteiger partial charge in [0.05, 0.1) is 18.6 Å². The molecule has 1 aromatic heterocycles. The van der Waals surface area contributed by atoms with Crippen LogP contribution in [0.3, 0.4) is 0 Å². The number of aliphatic hydroxyl groups is 1. The molecule has 2 heterocycles. The monoisotopic (exact) mass is 278 g/mol. The molecule has 0 amide bonds. The Labute approximate surface area is 115 Å². The van der Waals surface area contributed by atoms with E-state index in [2.05, 4.69) is 10.1 Å². The van der Waals surface area contributed by atoms with Crippen LogP contribution in [0.25, 0.3) is 0 Å². The Balaban J connectivity index is 1.73. The summed E-state index contributed by atoms with van der Waals surface area (Å²) in [6.45, 7) is 0.921. The number of halogens is 1. The molecule has 3 rings (SSSR count). The van der Waals surface area contributed by atoms with Crippen molar-refractivity contribution in [1.82, 2.24) is 10.1 Å². The minimum atomic E-state index is -0.522. The highest BCUT2D eigenvalue weighted by Gasteiger charge is 2.30. The second kappa shape index (κ2) is 5.68. The van der Waals surface area contributed by atoms with Gasteiger partial charge in [-0.3, -0.25) is 0 Å². The summed E-state index contributed by atoms with van der Waals surface area (Å²) in [4.78, 5) is 4.27. The molecule has 5 nitrogen and oxygen atoms in total. The Bertz CT molecular complexity index is 587. The highest BCUT2D eigenvalue weighted by Crippen LogP contribution is 2.24. The molecular formula is C14H15FN2O3. The van der Waals surface area contributed by atoms with Gasteiger partial charge < -0.3 is 14.4 Å². The second-order valence-corrected chi connectivity index (χ2v) is 4.89. The summed E-state index contributed by atoms with van der Waals surface area (Å²) >= 11 is 0. The van der Waals surface area contributed by atoms with Crippen LogP contribution in [0.4, 0.5) is 4.39 Å². The average molecular weight is 278 g/mol. The van der Waals surface area contributed by atoms with Gasteiger partial charge in [-0.05, 0) is 24.1 Å². The van der Waals surface area contributed by atoms with E-state index in [1.165, 1.54) is 12.1 Å². The molecule has 0 radical (unpaired) electrons. The van der Waals surface area contributed by atoms with Crippen molar-refractivity contribution in [3.63, 3.8) is 0 Å². The summed E-state index contributed by atoms with van der Waals surface area (Å²) in [5, 5.41) is 13.8. The van der Waals surface area contributed by atoms with Crippen LogP contribution in [0, 0.1) is 5.82 Å². The lowest BCUT2D eigenvalue weighted by atomic mass is 9.99. The van der Waals surface area contributed by atoms with Crippen LogP contribution >= 0.6 is 0 Å². The molecule has 20 heavy (non-hydrogen) atoms. The lowest BCUT2D eigenvalue weighted by Gasteiger charge is -2.24. The first-order valence-corrected chi connectivity index (χ1v) is 6.55. The summed E-state index contributed by atoms with van der Waals surface area (Å²) in [6.07, 6.45) is 0.434. The highest BCUT2D eigenvalue weighted by atomic mass is 19.1. The predicted octanol–water partition coefficient (Wildman–Crippen LogP) is 1.66. The molecule has 6 heteroatoms. The standard InChI is InChI=1S/C14H15FN2O3/c15-10-3-1-2-9(6-10)7-13-16-14(20-17-13)11-8-19-5-4-12(11)18/h1-3,6,11-12,18H,4-5,7-8H2. The van der Waals surface area contributed by atoms with Gasteiger partial charge in [-0.1, -0.05) is 17.3 Å². The topological polar surface area (TPSA) is 68.4 Å². The van der Waals surface area contributed by atoms with Crippen LogP contribution in [0.15, 0.2) is 28.8 Å². The summed E-state index contributed by atoms with van der Waals surface area (Å²) in [7, 11) is 0. The first-order valence-electron chi connectivity index (χ1n) is 6.55. The van der Waals surface area contributed by atoms with Gasteiger partial charge in [0.2, 0.25) is 5.89 Å². The third-order valence-electron chi connectivity index (χ3n) is 3.37. The molecule has 0 saturated carbocycles. The molecular weight excluding hydrogens is 263 g/mol. The van der Waals surface area contributed by atoms with Crippen molar-refractivity contribution in [2.24, 2.45) is 0 Å². The van der Waals surface area contributed by atoms with Crippen molar-refractivity contribution >= 4 is 0 Å². The SMILES string of the molecule is OC1CCOCC1c1nc(Cc2cccc(F)c2)no1. The van der Waals surface area contributed by atoms with Crippen molar-refractivity contribution < 1.29 is 18.8 Å². The maximum atomic E-state index is 13.1.